The van der Waals surface area contributed by atoms with Crippen LogP contribution in [0.25, 0.3) is 0 Å². The molecule has 1 heterocycles. The number of aliphatic hydroxyl groups excluding tert-OH is 1. The van der Waals surface area contributed by atoms with Crippen LogP contribution in [0.4, 0.5) is 0 Å². The molecule has 2 rings (SSSR count). The average molecular weight is 318 g/mol. The molecular formula is C12H10BrClOS. The molecule has 0 aliphatic rings. The Morgan fingerprint density at radius 3 is 2.75 bits per heavy atom. The van der Waals surface area contributed by atoms with E-state index in [0.29, 0.717) is 5.02 Å². The lowest BCUT2D eigenvalue weighted by molar-refractivity contribution is 0.223. The van der Waals surface area contributed by atoms with Gasteiger partial charge in [0.15, 0.2) is 0 Å². The summed E-state index contributed by atoms with van der Waals surface area (Å²) in [4.78, 5) is 0.944. The first-order valence-corrected chi connectivity index (χ1v) is 6.81. The van der Waals surface area contributed by atoms with Crippen LogP contribution in [0.1, 0.15) is 22.1 Å². The van der Waals surface area contributed by atoms with E-state index in [1.165, 1.54) is 0 Å². The van der Waals surface area contributed by atoms with E-state index in [1.807, 2.05) is 30.5 Å². The van der Waals surface area contributed by atoms with Crippen LogP contribution < -0.4 is 0 Å². The number of aryl methyl sites for hydroxylation is 1. The highest BCUT2D eigenvalue weighted by Gasteiger charge is 2.17. The zero-order chi connectivity index (χ0) is 11.7. The fourth-order valence-corrected chi connectivity index (χ4v) is 3.06. The Balaban J connectivity index is 2.45. The molecular weight excluding hydrogens is 308 g/mol. The molecule has 1 N–H and O–H groups in total. The third-order valence-electron chi connectivity index (χ3n) is 2.40. The van der Waals surface area contributed by atoms with Crippen molar-refractivity contribution in [2.45, 2.75) is 13.0 Å². The van der Waals surface area contributed by atoms with Crippen LogP contribution in [0, 0.1) is 6.92 Å². The number of rotatable bonds is 2. The zero-order valence-corrected chi connectivity index (χ0v) is 11.7. The SMILES string of the molecule is Cc1ccsc1C(O)c1cc(Br)ccc1Cl. The lowest BCUT2D eigenvalue weighted by atomic mass is 10.1. The van der Waals surface area contributed by atoms with E-state index in [-0.39, 0.29) is 0 Å². The molecule has 0 radical (unpaired) electrons. The molecule has 1 nitrogen and oxygen atoms in total. The third-order valence-corrected chi connectivity index (χ3v) is 4.31. The topological polar surface area (TPSA) is 20.2 Å². The molecule has 0 fully saturated rings. The second-order valence-corrected chi connectivity index (χ2v) is 5.81. The number of hydrogen-bond donors (Lipinski definition) is 1. The Morgan fingerprint density at radius 2 is 2.12 bits per heavy atom. The van der Waals surface area contributed by atoms with Gasteiger partial charge in [-0.1, -0.05) is 27.5 Å². The van der Waals surface area contributed by atoms with Gasteiger partial charge in [-0.2, -0.15) is 0 Å². The van der Waals surface area contributed by atoms with Gasteiger partial charge in [-0.25, -0.2) is 0 Å². The predicted octanol–water partition coefficient (Wildman–Crippen LogP) is 4.55. The Bertz CT molecular complexity index is 509. The molecule has 0 amide bonds. The summed E-state index contributed by atoms with van der Waals surface area (Å²) in [6.45, 7) is 1.99. The van der Waals surface area contributed by atoms with E-state index in [4.69, 9.17) is 11.6 Å². The minimum Gasteiger partial charge on any atom is -0.383 e. The Labute approximate surface area is 112 Å². The number of benzene rings is 1. The molecule has 0 saturated heterocycles. The van der Waals surface area contributed by atoms with Gasteiger partial charge in [-0.3, -0.25) is 0 Å². The fraction of sp³-hybridized carbons (Fsp3) is 0.167. The molecule has 1 unspecified atom stereocenters. The van der Waals surface area contributed by atoms with E-state index < -0.39 is 6.10 Å². The molecule has 2 aromatic rings. The summed E-state index contributed by atoms with van der Waals surface area (Å²) in [5.74, 6) is 0. The van der Waals surface area contributed by atoms with Crippen LogP contribution in [-0.4, -0.2) is 5.11 Å². The maximum Gasteiger partial charge on any atom is 0.115 e. The van der Waals surface area contributed by atoms with Gasteiger partial charge in [0.05, 0.1) is 0 Å². The summed E-state index contributed by atoms with van der Waals surface area (Å²) in [6.07, 6.45) is -0.648. The molecule has 1 atom stereocenters. The van der Waals surface area contributed by atoms with Crippen molar-refractivity contribution < 1.29 is 5.11 Å². The summed E-state index contributed by atoms with van der Waals surface area (Å²) in [5.41, 5.74) is 1.83. The minimum absolute atomic E-state index is 0.587. The number of aliphatic hydroxyl groups is 1. The highest BCUT2D eigenvalue weighted by atomic mass is 79.9. The smallest absolute Gasteiger partial charge is 0.115 e. The second-order valence-electron chi connectivity index (χ2n) is 3.54. The minimum atomic E-state index is -0.648. The first-order chi connectivity index (χ1) is 7.59. The highest BCUT2D eigenvalue weighted by Crippen LogP contribution is 2.34. The molecule has 84 valence electrons. The van der Waals surface area contributed by atoms with Gasteiger partial charge in [0.25, 0.3) is 0 Å². The maximum atomic E-state index is 10.3. The van der Waals surface area contributed by atoms with Gasteiger partial charge < -0.3 is 5.11 Å². The Hall–Kier alpha value is -0.350. The van der Waals surface area contributed by atoms with Gasteiger partial charge in [-0.05, 0) is 42.1 Å². The summed E-state index contributed by atoms with van der Waals surface area (Å²) in [6, 6.07) is 7.49. The molecule has 1 aromatic heterocycles. The van der Waals surface area contributed by atoms with E-state index in [0.717, 1.165) is 20.5 Å². The molecule has 0 saturated carbocycles. The van der Waals surface area contributed by atoms with Crippen molar-refractivity contribution in [2.24, 2.45) is 0 Å². The molecule has 0 bridgehead atoms. The van der Waals surface area contributed by atoms with E-state index in [1.54, 1.807) is 17.4 Å². The molecule has 0 aliphatic heterocycles. The molecule has 0 spiro atoms. The lowest BCUT2D eigenvalue weighted by Gasteiger charge is -2.12. The van der Waals surface area contributed by atoms with Crippen LogP contribution in [-0.2, 0) is 0 Å². The predicted molar refractivity (Wildman–Crippen MR) is 72.3 cm³/mol. The van der Waals surface area contributed by atoms with E-state index in [9.17, 15) is 5.11 Å². The van der Waals surface area contributed by atoms with Crippen LogP contribution >= 0.6 is 38.9 Å². The van der Waals surface area contributed by atoms with Crippen LogP contribution in [0.2, 0.25) is 5.02 Å². The van der Waals surface area contributed by atoms with Gasteiger partial charge in [0.1, 0.15) is 6.10 Å². The van der Waals surface area contributed by atoms with E-state index in [2.05, 4.69) is 15.9 Å². The van der Waals surface area contributed by atoms with Crippen molar-refractivity contribution in [3.8, 4) is 0 Å². The lowest BCUT2D eigenvalue weighted by Crippen LogP contribution is -1.99. The van der Waals surface area contributed by atoms with Gasteiger partial charge in [-0.15, -0.1) is 11.3 Å². The third kappa shape index (κ3) is 2.33. The summed E-state index contributed by atoms with van der Waals surface area (Å²) in [5, 5.41) is 12.8. The van der Waals surface area contributed by atoms with Crippen molar-refractivity contribution in [2.75, 3.05) is 0 Å². The van der Waals surface area contributed by atoms with Crippen LogP contribution in [0.15, 0.2) is 34.1 Å². The van der Waals surface area contributed by atoms with Crippen LogP contribution in [0.3, 0.4) is 0 Å². The molecule has 4 heteroatoms. The average Bonchev–Trinajstić information content (AvgIpc) is 2.67. The number of hydrogen-bond acceptors (Lipinski definition) is 2. The van der Waals surface area contributed by atoms with Crippen LogP contribution in [0.5, 0.6) is 0 Å². The molecule has 16 heavy (non-hydrogen) atoms. The Kier molecular flexibility index (Phi) is 3.70. The Morgan fingerprint density at radius 1 is 1.38 bits per heavy atom. The quantitative estimate of drug-likeness (QED) is 0.861. The molecule has 1 aromatic carbocycles. The monoisotopic (exact) mass is 316 g/mol. The van der Waals surface area contributed by atoms with Crippen molar-refractivity contribution in [1.82, 2.24) is 0 Å². The fourth-order valence-electron chi connectivity index (χ4n) is 1.53. The summed E-state index contributed by atoms with van der Waals surface area (Å²) in [7, 11) is 0. The van der Waals surface area contributed by atoms with Crippen molar-refractivity contribution in [3.05, 3.63) is 55.1 Å². The standard InChI is InChI=1S/C12H10BrClOS/c1-7-4-5-16-12(7)11(15)9-6-8(13)2-3-10(9)14/h2-6,11,15H,1H3. The highest BCUT2D eigenvalue weighted by molar-refractivity contribution is 9.10. The van der Waals surface area contributed by atoms with E-state index >= 15 is 0 Å². The van der Waals surface area contributed by atoms with Crippen molar-refractivity contribution in [3.63, 3.8) is 0 Å². The largest absolute Gasteiger partial charge is 0.383 e. The van der Waals surface area contributed by atoms with Gasteiger partial charge in [0, 0.05) is 19.9 Å². The van der Waals surface area contributed by atoms with Gasteiger partial charge >= 0.3 is 0 Å². The maximum absolute atomic E-state index is 10.3. The zero-order valence-electron chi connectivity index (χ0n) is 8.58. The van der Waals surface area contributed by atoms with Crippen molar-refractivity contribution >= 4 is 38.9 Å². The number of halogens is 2. The normalized spacial score (nSPS) is 12.8. The summed E-state index contributed by atoms with van der Waals surface area (Å²) >= 11 is 11.0. The second kappa shape index (κ2) is 4.88. The molecule has 0 aliphatic carbocycles. The first-order valence-electron chi connectivity index (χ1n) is 4.76. The first kappa shape index (κ1) is 12.1. The number of thiophene rings is 1. The summed E-state index contributed by atoms with van der Waals surface area (Å²) < 4.78 is 0.917. The van der Waals surface area contributed by atoms with Gasteiger partial charge in [0.2, 0.25) is 0 Å². The van der Waals surface area contributed by atoms with Crippen molar-refractivity contribution in [1.29, 1.82) is 0 Å².